The summed E-state index contributed by atoms with van der Waals surface area (Å²) in [5.74, 6) is 1.06. The van der Waals surface area contributed by atoms with Crippen LogP contribution in [0.4, 0.5) is 0 Å². The Morgan fingerprint density at radius 3 is 2.75 bits per heavy atom. The van der Waals surface area contributed by atoms with Crippen molar-refractivity contribution in [1.29, 1.82) is 0 Å². The number of hydrogen-bond donors (Lipinski definition) is 1. The van der Waals surface area contributed by atoms with Gasteiger partial charge in [-0.05, 0) is 57.5 Å². The van der Waals surface area contributed by atoms with Gasteiger partial charge < -0.3 is 10.2 Å². The number of piperidine rings is 1. The lowest BCUT2D eigenvalue weighted by atomic mass is 10.1. The molecule has 2 bridgehead atoms. The van der Waals surface area contributed by atoms with Gasteiger partial charge in [0.2, 0.25) is 0 Å². The molecule has 2 aliphatic rings. The molecule has 16 heavy (non-hydrogen) atoms. The van der Waals surface area contributed by atoms with E-state index in [1.807, 2.05) is 0 Å². The molecule has 1 saturated heterocycles. The summed E-state index contributed by atoms with van der Waals surface area (Å²) >= 11 is 0. The van der Waals surface area contributed by atoms with E-state index in [1.165, 1.54) is 51.6 Å². The van der Waals surface area contributed by atoms with Crippen LogP contribution in [0, 0.1) is 5.92 Å². The summed E-state index contributed by atoms with van der Waals surface area (Å²) in [7, 11) is 0. The second kappa shape index (κ2) is 6.02. The van der Waals surface area contributed by atoms with Crippen LogP contribution in [0.5, 0.6) is 0 Å². The first-order valence-corrected chi connectivity index (χ1v) is 7.30. The van der Waals surface area contributed by atoms with Crippen LogP contribution in [0.25, 0.3) is 0 Å². The van der Waals surface area contributed by atoms with Crippen molar-refractivity contribution >= 4 is 0 Å². The zero-order valence-corrected chi connectivity index (χ0v) is 11.0. The highest BCUT2D eigenvalue weighted by molar-refractivity contribution is 4.91. The maximum Gasteiger partial charge on any atom is 0.00985 e. The third-order valence-electron chi connectivity index (χ3n) is 4.51. The molecule has 1 aliphatic carbocycles. The predicted octanol–water partition coefficient (Wildman–Crippen LogP) is 2.64. The topological polar surface area (TPSA) is 15.3 Å². The average Bonchev–Trinajstić information content (AvgIpc) is 2.89. The first kappa shape index (κ1) is 12.4. The third kappa shape index (κ3) is 2.98. The van der Waals surface area contributed by atoms with Gasteiger partial charge in [-0.25, -0.2) is 0 Å². The minimum Gasteiger partial charge on any atom is -0.314 e. The Balaban J connectivity index is 1.60. The molecule has 0 spiro atoms. The Kier molecular flexibility index (Phi) is 4.66. The van der Waals surface area contributed by atoms with Gasteiger partial charge in [-0.3, -0.25) is 0 Å². The molecule has 3 unspecified atom stereocenters. The third-order valence-corrected chi connectivity index (χ3v) is 4.51. The van der Waals surface area contributed by atoms with E-state index in [0.717, 1.165) is 24.5 Å². The molecule has 3 atom stereocenters. The van der Waals surface area contributed by atoms with Crippen LogP contribution in [-0.2, 0) is 0 Å². The molecule has 1 aliphatic heterocycles. The fourth-order valence-electron chi connectivity index (χ4n) is 3.58. The van der Waals surface area contributed by atoms with Crippen molar-refractivity contribution in [2.45, 2.75) is 64.5 Å². The molecule has 0 aromatic rings. The zero-order chi connectivity index (χ0) is 11.4. The van der Waals surface area contributed by atoms with Crippen LogP contribution < -0.4 is 5.32 Å². The van der Waals surface area contributed by atoms with Gasteiger partial charge in [0, 0.05) is 18.6 Å². The molecule has 1 N–H and O–H groups in total. The van der Waals surface area contributed by atoms with Crippen LogP contribution in [0.15, 0.2) is 0 Å². The molecule has 1 saturated carbocycles. The number of fused-ring (bicyclic) bond motifs is 2. The molecular formula is C14H28N2. The molecule has 2 heteroatoms. The van der Waals surface area contributed by atoms with Crippen molar-refractivity contribution in [1.82, 2.24) is 10.2 Å². The Bertz CT molecular complexity index is 205. The van der Waals surface area contributed by atoms with Crippen molar-refractivity contribution in [2.75, 3.05) is 19.6 Å². The van der Waals surface area contributed by atoms with Crippen LogP contribution in [0.1, 0.15) is 52.4 Å². The Morgan fingerprint density at radius 2 is 2.19 bits per heavy atom. The minimum atomic E-state index is 0.754. The number of likely N-dealkylation sites (tertiary alicyclic amines) is 1. The predicted molar refractivity (Wildman–Crippen MR) is 69.7 cm³/mol. The highest BCUT2D eigenvalue weighted by atomic mass is 15.2. The van der Waals surface area contributed by atoms with E-state index in [2.05, 4.69) is 24.1 Å². The summed E-state index contributed by atoms with van der Waals surface area (Å²) in [5.41, 5.74) is 0. The van der Waals surface area contributed by atoms with E-state index in [0.29, 0.717) is 0 Å². The summed E-state index contributed by atoms with van der Waals surface area (Å²) < 4.78 is 0. The normalized spacial score (nSPS) is 31.1. The van der Waals surface area contributed by atoms with Crippen LogP contribution >= 0.6 is 0 Å². The molecule has 2 rings (SSSR count). The van der Waals surface area contributed by atoms with Crippen LogP contribution in [0.2, 0.25) is 0 Å². The van der Waals surface area contributed by atoms with E-state index in [9.17, 15) is 0 Å². The highest BCUT2D eigenvalue weighted by Crippen LogP contribution is 2.37. The maximum atomic E-state index is 3.57. The fraction of sp³-hybridized carbons (Fsp3) is 1.00. The molecule has 2 nitrogen and oxygen atoms in total. The number of hydrogen-bond acceptors (Lipinski definition) is 2. The summed E-state index contributed by atoms with van der Waals surface area (Å²) in [6, 6.07) is 1.72. The summed E-state index contributed by atoms with van der Waals surface area (Å²) in [4.78, 5) is 2.76. The van der Waals surface area contributed by atoms with Gasteiger partial charge in [0.25, 0.3) is 0 Å². The van der Waals surface area contributed by atoms with Crippen molar-refractivity contribution in [3.63, 3.8) is 0 Å². The minimum absolute atomic E-state index is 0.754. The molecule has 0 aromatic heterocycles. The lowest BCUT2D eigenvalue weighted by Gasteiger charge is -2.27. The Labute approximate surface area is 101 Å². The number of rotatable bonds is 7. The lowest BCUT2D eigenvalue weighted by Crippen LogP contribution is -2.34. The second-order valence-electron chi connectivity index (χ2n) is 5.63. The first-order valence-electron chi connectivity index (χ1n) is 7.30. The van der Waals surface area contributed by atoms with Gasteiger partial charge in [0.1, 0.15) is 0 Å². The maximum absolute atomic E-state index is 3.57. The highest BCUT2D eigenvalue weighted by Gasteiger charge is 2.36. The van der Waals surface area contributed by atoms with Crippen LogP contribution in [-0.4, -0.2) is 36.6 Å². The molecule has 0 amide bonds. The van der Waals surface area contributed by atoms with Crippen molar-refractivity contribution in [3.05, 3.63) is 0 Å². The van der Waals surface area contributed by atoms with E-state index < -0.39 is 0 Å². The first-order chi connectivity index (χ1) is 7.83. The van der Waals surface area contributed by atoms with E-state index in [1.54, 1.807) is 0 Å². The summed E-state index contributed by atoms with van der Waals surface area (Å²) in [6.45, 7) is 8.38. The van der Waals surface area contributed by atoms with E-state index in [4.69, 9.17) is 0 Å². The molecule has 0 aromatic carbocycles. The van der Waals surface area contributed by atoms with Crippen molar-refractivity contribution < 1.29 is 0 Å². The monoisotopic (exact) mass is 224 g/mol. The van der Waals surface area contributed by atoms with Gasteiger partial charge in [0.15, 0.2) is 0 Å². The molecule has 1 heterocycles. The number of nitrogens with zero attached hydrogens (tertiary/aromatic N) is 1. The Morgan fingerprint density at radius 1 is 1.31 bits per heavy atom. The largest absolute Gasteiger partial charge is 0.314 e. The van der Waals surface area contributed by atoms with Gasteiger partial charge in [0.05, 0.1) is 0 Å². The SMILES string of the molecule is CCNC(CC)CCCN1CC2CCC1C2. The van der Waals surface area contributed by atoms with Gasteiger partial charge in [-0.15, -0.1) is 0 Å². The molecule has 2 fully saturated rings. The fourth-order valence-corrected chi connectivity index (χ4v) is 3.58. The quantitative estimate of drug-likeness (QED) is 0.715. The smallest absolute Gasteiger partial charge is 0.00985 e. The number of nitrogens with one attached hydrogen (secondary N) is 1. The van der Waals surface area contributed by atoms with Gasteiger partial charge in [-0.2, -0.15) is 0 Å². The van der Waals surface area contributed by atoms with E-state index in [-0.39, 0.29) is 0 Å². The van der Waals surface area contributed by atoms with Gasteiger partial charge >= 0.3 is 0 Å². The van der Waals surface area contributed by atoms with Crippen LogP contribution in [0.3, 0.4) is 0 Å². The van der Waals surface area contributed by atoms with Gasteiger partial charge in [-0.1, -0.05) is 13.8 Å². The van der Waals surface area contributed by atoms with E-state index >= 15 is 0 Å². The second-order valence-corrected chi connectivity index (χ2v) is 5.63. The Hall–Kier alpha value is -0.0800. The molecular weight excluding hydrogens is 196 g/mol. The summed E-state index contributed by atoms with van der Waals surface area (Å²) in [5, 5.41) is 3.57. The van der Waals surface area contributed by atoms with Crippen molar-refractivity contribution in [3.8, 4) is 0 Å². The molecule has 0 radical (unpaired) electrons. The lowest BCUT2D eigenvalue weighted by molar-refractivity contribution is 0.206. The molecule has 94 valence electrons. The summed E-state index contributed by atoms with van der Waals surface area (Å²) in [6.07, 6.45) is 8.52. The average molecular weight is 224 g/mol. The zero-order valence-electron chi connectivity index (χ0n) is 11.0. The standard InChI is InChI=1S/C14H28N2/c1-3-13(15-4-2)6-5-9-16-11-12-7-8-14(16)10-12/h12-15H,3-11H2,1-2H3. The van der Waals surface area contributed by atoms with Crippen molar-refractivity contribution in [2.24, 2.45) is 5.92 Å².